The summed E-state index contributed by atoms with van der Waals surface area (Å²) in [7, 11) is 6.15. The summed E-state index contributed by atoms with van der Waals surface area (Å²) in [6.07, 6.45) is 0. The molecule has 0 aliphatic rings. The van der Waals surface area contributed by atoms with Gasteiger partial charge in [0.05, 0.1) is 21.1 Å². The van der Waals surface area contributed by atoms with Crippen LogP contribution in [0.25, 0.3) is 0 Å². The Morgan fingerprint density at radius 2 is 1.38 bits per heavy atom. The molecule has 1 nitrogen and oxygen atoms in total. The molecule has 0 radical (unpaired) electrons. The average Bonchev–Trinajstić information content (AvgIpc) is 1.35. The fraction of sp³-hybridized carbons (Fsp3) is 1.00. The van der Waals surface area contributed by atoms with E-state index in [0.29, 0.717) is 6.00 Å². The largest absolute Gasteiger partial charge is 1.00 e. The van der Waals surface area contributed by atoms with Crippen LogP contribution in [0.5, 0.6) is 0 Å². The van der Waals surface area contributed by atoms with Gasteiger partial charge in [-0.25, -0.2) is 0 Å². The van der Waals surface area contributed by atoms with Crippen molar-refractivity contribution in [1.29, 1.82) is 0 Å². The van der Waals surface area contributed by atoms with Crippen molar-refractivity contribution < 1.29 is 44.2 Å². The zero-order chi connectivity index (χ0) is 5.21. The van der Waals surface area contributed by atoms with Gasteiger partial charge in [0.15, 0.2) is 6.00 Å². The predicted molar refractivity (Wildman–Crippen MR) is 28.8 cm³/mol. The molecule has 0 saturated carbocycles. The Balaban J connectivity index is -0.000000125. The summed E-state index contributed by atoms with van der Waals surface area (Å²) >= 11 is 5.45. The molecule has 0 rings (SSSR count). The SMILES string of the molecule is C[N+](C)(C)CCl.[Cd].[Cl-]. The van der Waals surface area contributed by atoms with E-state index in [0.717, 1.165) is 4.48 Å². The van der Waals surface area contributed by atoms with E-state index in [-0.39, 0.29) is 39.7 Å². The van der Waals surface area contributed by atoms with Crippen LogP contribution in [0.2, 0.25) is 0 Å². The number of halogens is 2. The number of rotatable bonds is 1. The van der Waals surface area contributed by atoms with Crippen LogP contribution < -0.4 is 12.4 Å². The molecule has 0 aromatic rings. The normalized spacial score (nSPS) is 9.00. The third-order valence-corrected chi connectivity index (χ3v) is 1.08. The first-order valence-corrected chi connectivity index (χ1v) is 2.46. The molecular formula is C4H11CdCl2N. The molecule has 0 saturated heterocycles. The average molecular weight is 256 g/mol. The third-order valence-electron chi connectivity index (χ3n) is 0.359. The summed E-state index contributed by atoms with van der Waals surface area (Å²) in [5, 5.41) is 0. The maximum atomic E-state index is 5.45. The van der Waals surface area contributed by atoms with Gasteiger partial charge in [-0.1, -0.05) is 11.6 Å². The van der Waals surface area contributed by atoms with E-state index in [9.17, 15) is 0 Å². The Morgan fingerprint density at radius 3 is 1.38 bits per heavy atom. The first-order valence-electron chi connectivity index (χ1n) is 1.93. The molecule has 8 heavy (non-hydrogen) atoms. The monoisotopic (exact) mass is 257 g/mol. The minimum absolute atomic E-state index is 0. The third kappa shape index (κ3) is 15.7. The molecule has 0 aromatic carbocycles. The van der Waals surface area contributed by atoms with Crippen LogP contribution in [0.3, 0.4) is 0 Å². The summed E-state index contributed by atoms with van der Waals surface area (Å²) in [6, 6.07) is 0.681. The fourth-order valence-corrected chi connectivity index (χ4v) is 0. The minimum atomic E-state index is 0. The smallest absolute Gasteiger partial charge is 0.154 e. The zero-order valence-electron chi connectivity index (χ0n) is 5.62. The van der Waals surface area contributed by atoms with Crippen LogP contribution >= 0.6 is 11.6 Å². The quantitative estimate of drug-likeness (QED) is 0.218. The van der Waals surface area contributed by atoms with Gasteiger partial charge in [-0.05, 0) is 0 Å². The molecule has 0 aliphatic carbocycles. The van der Waals surface area contributed by atoms with E-state index >= 15 is 0 Å². The van der Waals surface area contributed by atoms with Gasteiger partial charge in [-0.3, -0.25) is 0 Å². The molecule has 0 fully saturated rings. The van der Waals surface area contributed by atoms with Gasteiger partial charge in [-0.2, -0.15) is 0 Å². The molecule has 0 amide bonds. The molecule has 0 spiro atoms. The Labute approximate surface area is 82.5 Å². The van der Waals surface area contributed by atoms with Crippen molar-refractivity contribution in [2.75, 3.05) is 27.1 Å². The van der Waals surface area contributed by atoms with Crippen LogP contribution in [-0.2, 0) is 27.3 Å². The number of hydrogen-bond donors (Lipinski definition) is 0. The molecule has 0 heterocycles. The van der Waals surface area contributed by atoms with E-state index in [4.69, 9.17) is 11.6 Å². The minimum Gasteiger partial charge on any atom is -1.00 e. The molecule has 0 aromatic heterocycles. The van der Waals surface area contributed by atoms with Crippen LogP contribution in [0.15, 0.2) is 0 Å². The van der Waals surface area contributed by atoms with Crippen LogP contribution in [0.4, 0.5) is 0 Å². The summed E-state index contributed by atoms with van der Waals surface area (Å²) < 4.78 is 0.835. The fourth-order valence-electron chi connectivity index (χ4n) is 0. The van der Waals surface area contributed by atoms with Gasteiger partial charge in [0.25, 0.3) is 0 Å². The zero-order valence-corrected chi connectivity index (χ0v) is 11.2. The summed E-state index contributed by atoms with van der Waals surface area (Å²) in [5.74, 6) is 0. The van der Waals surface area contributed by atoms with Gasteiger partial charge in [0.1, 0.15) is 0 Å². The van der Waals surface area contributed by atoms with E-state index < -0.39 is 0 Å². The second-order valence-electron chi connectivity index (χ2n) is 2.41. The van der Waals surface area contributed by atoms with Crippen molar-refractivity contribution >= 4 is 11.6 Å². The van der Waals surface area contributed by atoms with Crippen molar-refractivity contribution in [1.82, 2.24) is 0 Å². The number of hydrogen-bond acceptors (Lipinski definition) is 0. The van der Waals surface area contributed by atoms with Crippen LogP contribution in [0.1, 0.15) is 0 Å². The molecule has 0 aliphatic heterocycles. The second kappa shape index (κ2) is 6.58. The van der Waals surface area contributed by atoms with Crippen molar-refractivity contribution in [3.05, 3.63) is 0 Å². The Hall–Kier alpha value is 1.46. The maximum absolute atomic E-state index is 5.45. The molecule has 48 valence electrons. The topological polar surface area (TPSA) is 0 Å². The van der Waals surface area contributed by atoms with Crippen molar-refractivity contribution in [3.8, 4) is 0 Å². The van der Waals surface area contributed by atoms with E-state index in [1.54, 1.807) is 0 Å². The molecule has 0 bridgehead atoms. The first kappa shape index (κ1) is 16.2. The molecule has 0 N–H and O–H groups in total. The van der Waals surface area contributed by atoms with Crippen molar-refractivity contribution in [2.45, 2.75) is 0 Å². The van der Waals surface area contributed by atoms with Gasteiger partial charge >= 0.3 is 0 Å². The maximum Gasteiger partial charge on any atom is 0.154 e. The van der Waals surface area contributed by atoms with Gasteiger partial charge in [0, 0.05) is 27.3 Å². The number of quaternary nitrogens is 1. The second-order valence-corrected chi connectivity index (χ2v) is 2.65. The standard InChI is InChI=1S/C4H11ClN.Cd.ClH/c1-6(2,3)4-5;;/h4H2,1-3H3;;1H/q+1;;/p-1. The predicted octanol–water partition coefficient (Wildman–Crippen LogP) is -2.11. The van der Waals surface area contributed by atoms with E-state index in [2.05, 4.69) is 0 Å². The van der Waals surface area contributed by atoms with Crippen LogP contribution in [-0.4, -0.2) is 31.6 Å². The Kier molecular flexibility index (Phi) is 13.3. The molecular weight excluding hydrogens is 245 g/mol. The number of nitrogens with zero attached hydrogens (tertiary/aromatic N) is 1. The van der Waals surface area contributed by atoms with Crippen LogP contribution in [0, 0.1) is 0 Å². The summed E-state index contributed by atoms with van der Waals surface area (Å²) in [4.78, 5) is 0. The van der Waals surface area contributed by atoms with Crippen molar-refractivity contribution in [2.24, 2.45) is 0 Å². The van der Waals surface area contributed by atoms with Crippen molar-refractivity contribution in [3.63, 3.8) is 0 Å². The molecule has 0 atom stereocenters. The Bertz CT molecular complexity index is 43.8. The summed E-state index contributed by atoms with van der Waals surface area (Å²) in [6.45, 7) is 0. The van der Waals surface area contributed by atoms with E-state index in [1.165, 1.54) is 0 Å². The molecule has 4 heteroatoms. The first-order chi connectivity index (χ1) is 2.56. The van der Waals surface area contributed by atoms with Gasteiger partial charge in [0.2, 0.25) is 0 Å². The Morgan fingerprint density at radius 1 is 1.25 bits per heavy atom. The number of alkyl halides is 1. The van der Waals surface area contributed by atoms with E-state index in [1.807, 2.05) is 21.1 Å². The van der Waals surface area contributed by atoms with Gasteiger partial charge in [-0.15, -0.1) is 0 Å². The molecule has 0 unspecified atom stereocenters. The van der Waals surface area contributed by atoms with Gasteiger partial charge < -0.3 is 16.9 Å². The summed E-state index contributed by atoms with van der Waals surface area (Å²) in [5.41, 5.74) is 0.